The Morgan fingerprint density at radius 3 is 2.45 bits per heavy atom. The Labute approximate surface area is 169 Å². The largest absolute Gasteiger partial charge is 0.490 e. The molecular weight excluding hydrogens is 377 g/mol. The van der Waals surface area contributed by atoms with E-state index in [0.29, 0.717) is 24.7 Å². The fourth-order valence-electron chi connectivity index (χ4n) is 3.02. The Balaban J connectivity index is 1.63. The zero-order chi connectivity index (χ0) is 20.8. The van der Waals surface area contributed by atoms with E-state index < -0.39 is 24.3 Å². The molecule has 0 saturated heterocycles. The van der Waals surface area contributed by atoms with E-state index in [-0.39, 0.29) is 17.5 Å². The van der Waals surface area contributed by atoms with E-state index in [4.69, 9.17) is 14.2 Å². The van der Waals surface area contributed by atoms with Crippen LogP contribution in [0, 0.1) is 11.7 Å². The summed E-state index contributed by atoms with van der Waals surface area (Å²) in [5.74, 6) is -0.121. The molecule has 0 fully saturated rings. The molecular formula is C22H24FNO5. The first-order chi connectivity index (χ1) is 13.9. The maximum Gasteiger partial charge on any atom is 0.338 e. The fraction of sp³-hybridized carbons (Fsp3) is 0.364. The summed E-state index contributed by atoms with van der Waals surface area (Å²) in [7, 11) is 0. The lowest BCUT2D eigenvalue weighted by Crippen LogP contribution is -2.35. The molecule has 0 saturated carbocycles. The maximum atomic E-state index is 12.9. The van der Waals surface area contributed by atoms with Gasteiger partial charge in [0.2, 0.25) is 0 Å². The van der Waals surface area contributed by atoms with Crippen LogP contribution in [-0.2, 0) is 9.53 Å². The van der Waals surface area contributed by atoms with Gasteiger partial charge in [-0.3, -0.25) is 4.79 Å². The van der Waals surface area contributed by atoms with Gasteiger partial charge in [0.1, 0.15) is 5.82 Å². The predicted octanol–water partition coefficient (Wildman–Crippen LogP) is 3.66. The van der Waals surface area contributed by atoms with Crippen molar-refractivity contribution < 1.29 is 28.2 Å². The van der Waals surface area contributed by atoms with Gasteiger partial charge in [0.15, 0.2) is 18.1 Å². The van der Waals surface area contributed by atoms with Crippen molar-refractivity contribution >= 4 is 11.9 Å². The molecule has 1 amide bonds. The number of amides is 1. The van der Waals surface area contributed by atoms with Crippen LogP contribution in [-0.4, -0.2) is 31.7 Å². The summed E-state index contributed by atoms with van der Waals surface area (Å²) in [5, 5.41) is 2.90. The first-order valence-corrected chi connectivity index (χ1v) is 9.55. The zero-order valence-electron chi connectivity index (χ0n) is 16.4. The molecule has 1 aliphatic rings. The number of ether oxygens (including phenoxy) is 3. The fourth-order valence-corrected chi connectivity index (χ4v) is 3.02. The topological polar surface area (TPSA) is 73.9 Å². The third kappa shape index (κ3) is 5.47. The highest BCUT2D eigenvalue weighted by atomic mass is 19.1. The molecule has 1 N–H and O–H groups in total. The van der Waals surface area contributed by atoms with Gasteiger partial charge in [0, 0.05) is 6.42 Å². The highest BCUT2D eigenvalue weighted by Crippen LogP contribution is 2.34. The van der Waals surface area contributed by atoms with Gasteiger partial charge in [-0.25, -0.2) is 9.18 Å². The summed E-state index contributed by atoms with van der Waals surface area (Å²) in [6, 6.07) is 10.3. The third-order valence-corrected chi connectivity index (χ3v) is 4.53. The number of benzene rings is 2. The quantitative estimate of drug-likeness (QED) is 0.748. The molecule has 0 aliphatic carbocycles. The highest BCUT2D eigenvalue weighted by Gasteiger charge is 2.22. The molecule has 2 aromatic carbocycles. The minimum absolute atomic E-state index is 0.0940. The Morgan fingerprint density at radius 2 is 1.76 bits per heavy atom. The van der Waals surface area contributed by atoms with E-state index in [9.17, 15) is 14.0 Å². The summed E-state index contributed by atoms with van der Waals surface area (Å²) < 4.78 is 29.3. The van der Waals surface area contributed by atoms with E-state index in [1.807, 2.05) is 32.0 Å². The third-order valence-electron chi connectivity index (χ3n) is 4.53. The molecule has 0 unspecified atom stereocenters. The number of halogens is 1. The number of hydrogen-bond donors (Lipinski definition) is 1. The second-order valence-corrected chi connectivity index (χ2v) is 7.13. The number of carbonyl (C=O) groups excluding carboxylic acids is 2. The van der Waals surface area contributed by atoms with E-state index >= 15 is 0 Å². The van der Waals surface area contributed by atoms with E-state index in [1.165, 1.54) is 12.1 Å². The lowest BCUT2D eigenvalue weighted by atomic mass is 9.95. The van der Waals surface area contributed by atoms with Gasteiger partial charge < -0.3 is 19.5 Å². The summed E-state index contributed by atoms with van der Waals surface area (Å²) in [6.45, 7) is 4.73. The van der Waals surface area contributed by atoms with Crippen LogP contribution in [0.25, 0.3) is 0 Å². The Hall–Kier alpha value is -3.09. The molecule has 154 valence electrons. The van der Waals surface area contributed by atoms with Gasteiger partial charge in [-0.15, -0.1) is 0 Å². The first-order valence-electron chi connectivity index (χ1n) is 9.55. The average Bonchev–Trinajstić information content (AvgIpc) is 2.95. The summed E-state index contributed by atoms with van der Waals surface area (Å²) in [5.41, 5.74) is 1.06. The summed E-state index contributed by atoms with van der Waals surface area (Å²) in [4.78, 5) is 24.3. The van der Waals surface area contributed by atoms with E-state index in [1.54, 1.807) is 0 Å². The average molecular weight is 401 g/mol. The number of carbonyl (C=O) groups is 2. The molecule has 0 spiro atoms. The smallest absolute Gasteiger partial charge is 0.338 e. The van der Waals surface area contributed by atoms with Crippen LogP contribution in [0.3, 0.4) is 0 Å². The van der Waals surface area contributed by atoms with Crippen molar-refractivity contribution in [2.45, 2.75) is 26.3 Å². The zero-order valence-corrected chi connectivity index (χ0v) is 16.4. The van der Waals surface area contributed by atoms with Crippen molar-refractivity contribution in [1.82, 2.24) is 5.32 Å². The molecule has 29 heavy (non-hydrogen) atoms. The van der Waals surface area contributed by atoms with Crippen molar-refractivity contribution in [2.24, 2.45) is 5.92 Å². The molecule has 7 heteroatoms. The van der Waals surface area contributed by atoms with Crippen LogP contribution < -0.4 is 14.8 Å². The van der Waals surface area contributed by atoms with Crippen LogP contribution in [0.2, 0.25) is 0 Å². The van der Waals surface area contributed by atoms with Crippen LogP contribution in [0.4, 0.5) is 4.39 Å². The number of hydrogen-bond acceptors (Lipinski definition) is 5. The second-order valence-electron chi connectivity index (χ2n) is 7.13. The molecule has 1 heterocycles. The monoisotopic (exact) mass is 401 g/mol. The Bertz CT molecular complexity index is 866. The standard InChI is InChI=1S/C22H24FNO5/c1-14(2)21(16-6-9-18-19(12-16)28-11-3-10-27-18)24-20(25)13-29-22(26)15-4-7-17(23)8-5-15/h4-9,12,14,21H,3,10-11,13H2,1-2H3,(H,24,25)/t21-/m0/s1. The number of rotatable bonds is 6. The number of esters is 1. The van der Waals surface area contributed by atoms with Gasteiger partial charge in [0.25, 0.3) is 5.91 Å². The van der Waals surface area contributed by atoms with Crippen molar-refractivity contribution in [3.8, 4) is 11.5 Å². The molecule has 0 radical (unpaired) electrons. The lowest BCUT2D eigenvalue weighted by Gasteiger charge is -2.23. The predicted molar refractivity (Wildman–Crippen MR) is 104 cm³/mol. The van der Waals surface area contributed by atoms with Gasteiger partial charge >= 0.3 is 5.97 Å². The van der Waals surface area contributed by atoms with Crippen LogP contribution in [0.1, 0.15) is 42.2 Å². The van der Waals surface area contributed by atoms with Crippen LogP contribution >= 0.6 is 0 Å². The van der Waals surface area contributed by atoms with Crippen molar-refractivity contribution in [1.29, 1.82) is 0 Å². The Kier molecular flexibility index (Phi) is 6.69. The normalized spacial score (nSPS) is 14.1. The SMILES string of the molecule is CC(C)[C@H](NC(=O)COC(=O)c1ccc(F)cc1)c1ccc2c(c1)OCCCO2. The van der Waals surface area contributed by atoms with E-state index in [2.05, 4.69) is 5.32 Å². The summed E-state index contributed by atoms with van der Waals surface area (Å²) >= 11 is 0. The van der Waals surface area contributed by atoms with Gasteiger partial charge in [-0.05, 0) is 47.9 Å². The maximum absolute atomic E-state index is 12.9. The molecule has 6 nitrogen and oxygen atoms in total. The number of fused-ring (bicyclic) bond motifs is 1. The van der Waals surface area contributed by atoms with Crippen LogP contribution in [0.5, 0.6) is 11.5 Å². The molecule has 0 bridgehead atoms. The lowest BCUT2D eigenvalue weighted by molar-refractivity contribution is -0.125. The van der Waals surface area contributed by atoms with E-state index in [0.717, 1.165) is 24.1 Å². The molecule has 2 aromatic rings. The molecule has 0 aromatic heterocycles. The minimum atomic E-state index is -0.683. The Morgan fingerprint density at radius 1 is 1.07 bits per heavy atom. The van der Waals surface area contributed by atoms with Crippen molar-refractivity contribution in [2.75, 3.05) is 19.8 Å². The molecule has 1 atom stereocenters. The second kappa shape index (κ2) is 9.41. The van der Waals surface area contributed by atoms with Gasteiger partial charge in [-0.1, -0.05) is 19.9 Å². The molecule has 1 aliphatic heterocycles. The first kappa shape index (κ1) is 20.6. The number of nitrogens with one attached hydrogen (secondary N) is 1. The summed E-state index contributed by atoms with van der Waals surface area (Å²) in [6.07, 6.45) is 0.813. The minimum Gasteiger partial charge on any atom is -0.490 e. The van der Waals surface area contributed by atoms with Gasteiger partial charge in [-0.2, -0.15) is 0 Å². The van der Waals surface area contributed by atoms with Crippen molar-refractivity contribution in [3.05, 3.63) is 59.4 Å². The van der Waals surface area contributed by atoms with Crippen LogP contribution in [0.15, 0.2) is 42.5 Å². The van der Waals surface area contributed by atoms with Gasteiger partial charge in [0.05, 0.1) is 24.8 Å². The molecule has 3 rings (SSSR count). The van der Waals surface area contributed by atoms with Crippen molar-refractivity contribution in [3.63, 3.8) is 0 Å². The highest BCUT2D eigenvalue weighted by molar-refractivity contribution is 5.91.